The summed E-state index contributed by atoms with van der Waals surface area (Å²) in [4.78, 5) is 0. The van der Waals surface area contributed by atoms with Crippen LogP contribution in [0.1, 0.15) is 6.92 Å². The van der Waals surface area contributed by atoms with Crippen molar-refractivity contribution in [3.63, 3.8) is 0 Å². The number of hydrogen-bond acceptors (Lipinski definition) is 4. The molecule has 72 valence electrons. The first-order valence-corrected chi connectivity index (χ1v) is 5.25. The molecule has 0 spiro atoms. The highest BCUT2D eigenvalue weighted by atomic mass is 35.5. The monoisotopic (exact) mass is 234 g/mol. The Bertz CT molecular complexity index is 202. The molecule has 1 unspecified atom stereocenters. The maximum absolute atomic E-state index is 11.3. The van der Waals surface area contributed by atoms with Crippen LogP contribution in [-0.2, 0) is 18.1 Å². The third kappa shape index (κ3) is 5.01. The first-order valence-electron chi connectivity index (χ1n) is 3.04. The smallest absolute Gasteiger partial charge is 0.409 e. The molecule has 0 amide bonds. The Balaban J connectivity index is 4.15. The van der Waals surface area contributed by atoms with Crippen molar-refractivity contribution in [2.45, 2.75) is 6.92 Å². The van der Waals surface area contributed by atoms with Crippen molar-refractivity contribution in [3.05, 3.63) is 10.8 Å². The normalized spacial score (nSPS) is 15.0. The van der Waals surface area contributed by atoms with E-state index >= 15 is 0 Å². The molecule has 12 heavy (non-hydrogen) atoms. The van der Waals surface area contributed by atoms with E-state index in [2.05, 4.69) is 13.6 Å². The third-order valence-corrected chi connectivity index (χ3v) is 2.35. The van der Waals surface area contributed by atoms with Crippen LogP contribution in [0.3, 0.4) is 0 Å². The summed E-state index contributed by atoms with van der Waals surface area (Å²) in [6.45, 7) is 1.86. The van der Waals surface area contributed by atoms with Gasteiger partial charge < -0.3 is 4.52 Å². The fraction of sp³-hybridized carbons (Fsp3) is 0.600. The van der Waals surface area contributed by atoms with Gasteiger partial charge >= 0.3 is 7.82 Å². The van der Waals surface area contributed by atoms with E-state index < -0.39 is 7.82 Å². The molecule has 0 bridgehead atoms. The third-order valence-electron chi connectivity index (χ3n) is 0.782. The Morgan fingerprint density at radius 3 is 2.50 bits per heavy atom. The van der Waals surface area contributed by atoms with Gasteiger partial charge in [0.15, 0.2) is 0 Å². The van der Waals surface area contributed by atoms with Crippen LogP contribution in [0.4, 0.5) is 0 Å². The highest BCUT2D eigenvalue weighted by Crippen LogP contribution is 2.49. The molecule has 0 aromatic carbocycles. The molecule has 0 aliphatic heterocycles. The first kappa shape index (κ1) is 12.3. The lowest BCUT2D eigenvalue weighted by atomic mass is 10.9. The summed E-state index contributed by atoms with van der Waals surface area (Å²) in [5.41, 5.74) is 0. The van der Waals surface area contributed by atoms with Crippen LogP contribution < -0.4 is 0 Å². The van der Waals surface area contributed by atoms with Gasteiger partial charge in [-0.05, 0) is 6.92 Å². The van der Waals surface area contributed by atoms with Crippen LogP contribution in [-0.4, -0.2) is 13.7 Å². The van der Waals surface area contributed by atoms with Gasteiger partial charge in [-0.2, -0.15) is 0 Å². The minimum Gasteiger partial charge on any atom is -0.409 e. The SMILES string of the molecule is CCOP(=O)(OC)OC=C(Cl)Cl. The van der Waals surface area contributed by atoms with E-state index in [9.17, 15) is 4.57 Å². The molecule has 0 aromatic rings. The average Bonchev–Trinajstić information content (AvgIpc) is 2.02. The summed E-state index contributed by atoms with van der Waals surface area (Å²) < 4.78 is 24.8. The van der Waals surface area contributed by atoms with Gasteiger partial charge in [-0.1, -0.05) is 23.2 Å². The van der Waals surface area contributed by atoms with Crippen molar-refractivity contribution in [1.29, 1.82) is 0 Å². The molecule has 1 atom stereocenters. The predicted molar refractivity (Wildman–Crippen MR) is 47.1 cm³/mol. The number of halogens is 2. The molecule has 0 aliphatic rings. The van der Waals surface area contributed by atoms with E-state index in [1.165, 1.54) is 7.11 Å². The Morgan fingerprint density at radius 1 is 1.58 bits per heavy atom. The summed E-state index contributed by atoms with van der Waals surface area (Å²) in [7, 11) is -2.30. The van der Waals surface area contributed by atoms with E-state index in [0.717, 1.165) is 6.26 Å². The Kier molecular flexibility index (Phi) is 5.97. The molecule has 0 saturated carbocycles. The fourth-order valence-corrected chi connectivity index (χ4v) is 1.41. The topological polar surface area (TPSA) is 44.8 Å². The molecule has 0 heterocycles. The van der Waals surface area contributed by atoms with E-state index in [-0.39, 0.29) is 11.1 Å². The second-order valence-corrected chi connectivity index (χ2v) is 4.30. The quantitative estimate of drug-likeness (QED) is 0.542. The van der Waals surface area contributed by atoms with Crippen molar-refractivity contribution in [3.8, 4) is 0 Å². The second kappa shape index (κ2) is 5.84. The van der Waals surface area contributed by atoms with Crippen molar-refractivity contribution >= 4 is 31.0 Å². The lowest BCUT2D eigenvalue weighted by molar-refractivity contribution is 0.172. The van der Waals surface area contributed by atoms with Gasteiger partial charge in [-0.25, -0.2) is 4.57 Å². The molecule has 0 saturated heterocycles. The Morgan fingerprint density at radius 2 is 2.17 bits per heavy atom. The summed E-state index contributed by atoms with van der Waals surface area (Å²) in [5, 5.41) is 0. The average molecular weight is 235 g/mol. The van der Waals surface area contributed by atoms with Gasteiger partial charge in [-0.15, -0.1) is 0 Å². The highest BCUT2D eigenvalue weighted by molar-refractivity contribution is 7.48. The lowest BCUT2D eigenvalue weighted by Gasteiger charge is -2.12. The maximum atomic E-state index is 11.3. The van der Waals surface area contributed by atoms with E-state index in [4.69, 9.17) is 23.2 Å². The van der Waals surface area contributed by atoms with E-state index in [1.807, 2.05) is 0 Å². The van der Waals surface area contributed by atoms with Crippen LogP contribution in [0.5, 0.6) is 0 Å². The first-order chi connectivity index (χ1) is 5.54. The van der Waals surface area contributed by atoms with Crippen LogP contribution in [0.15, 0.2) is 10.8 Å². The Hall–Kier alpha value is 0.270. The Labute approximate surface area is 81.0 Å². The molecular formula is C5H9Cl2O4P. The van der Waals surface area contributed by atoms with E-state index in [0.29, 0.717) is 0 Å². The number of phosphoric ester groups is 1. The van der Waals surface area contributed by atoms with Crippen molar-refractivity contribution in [2.24, 2.45) is 0 Å². The van der Waals surface area contributed by atoms with E-state index in [1.54, 1.807) is 6.92 Å². The van der Waals surface area contributed by atoms with Crippen LogP contribution in [0.25, 0.3) is 0 Å². The molecule has 0 aromatic heterocycles. The molecule has 4 nitrogen and oxygen atoms in total. The standard InChI is InChI=1S/C5H9Cl2O4P/c1-3-10-12(8,9-2)11-4-5(6)7/h4H,3H2,1-2H3. The van der Waals surface area contributed by atoms with Gasteiger partial charge in [0.2, 0.25) is 0 Å². The van der Waals surface area contributed by atoms with Crippen molar-refractivity contribution in [2.75, 3.05) is 13.7 Å². The zero-order valence-corrected chi connectivity index (χ0v) is 9.03. The fourth-order valence-electron chi connectivity index (χ4n) is 0.389. The summed E-state index contributed by atoms with van der Waals surface area (Å²) in [5.74, 6) is 0. The second-order valence-electron chi connectivity index (χ2n) is 1.56. The number of rotatable bonds is 5. The van der Waals surface area contributed by atoms with Crippen LogP contribution in [0.2, 0.25) is 0 Å². The van der Waals surface area contributed by atoms with Gasteiger partial charge in [0.1, 0.15) is 10.8 Å². The van der Waals surface area contributed by atoms with Crippen molar-refractivity contribution < 1.29 is 18.1 Å². The van der Waals surface area contributed by atoms with Gasteiger partial charge in [0.05, 0.1) is 6.61 Å². The zero-order valence-electron chi connectivity index (χ0n) is 6.62. The molecule has 0 N–H and O–H groups in total. The molecule has 0 aliphatic carbocycles. The minimum atomic E-state index is -3.50. The largest absolute Gasteiger partial charge is 0.529 e. The van der Waals surface area contributed by atoms with Crippen molar-refractivity contribution in [1.82, 2.24) is 0 Å². The molecule has 0 radical (unpaired) electrons. The predicted octanol–water partition coefficient (Wildman–Crippen LogP) is 3.07. The summed E-state index contributed by atoms with van der Waals surface area (Å²) in [6, 6.07) is 0. The van der Waals surface area contributed by atoms with Crippen LogP contribution in [0, 0.1) is 0 Å². The molecule has 0 fully saturated rings. The van der Waals surface area contributed by atoms with Crippen LogP contribution >= 0.6 is 31.0 Å². The van der Waals surface area contributed by atoms with Gasteiger partial charge in [0, 0.05) is 7.11 Å². The molecule has 7 heteroatoms. The van der Waals surface area contributed by atoms with Gasteiger partial charge in [-0.3, -0.25) is 9.05 Å². The van der Waals surface area contributed by atoms with Gasteiger partial charge in [0.25, 0.3) is 0 Å². The lowest BCUT2D eigenvalue weighted by Crippen LogP contribution is -1.93. The zero-order chi connectivity index (χ0) is 9.61. The molecular weight excluding hydrogens is 226 g/mol. The summed E-state index contributed by atoms with van der Waals surface area (Å²) in [6.07, 6.45) is 0.892. The maximum Gasteiger partial charge on any atom is 0.529 e. The molecule has 0 rings (SSSR count). The minimum absolute atomic E-state index is 0.160. The summed E-state index contributed by atoms with van der Waals surface area (Å²) >= 11 is 10.4. The number of phosphoric acid groups is 1. The number of hydrogen-bond donors (Lipinski definition) is 0. The highest BCUT2D eigenvalue weighted by Gasteiger charge is 2.23.